The highest BCUT2D eigenvalue weighted by Crippen LogP contribution is 2.33. The average Bonchev–Trinajstić information content (AvgIpc) is 2.75. The molecule has 0 aromatic carbocycles. The lowest BCUT2D eigenvalue weighted by Crippen LogP contribution is -2.56. The van der Waals surface area contributed by atoms with Gasteiger partial charge in [0, 0.05) is 5.56 Å². The Balaban J connectivity index is 2.20. The number of carboxylic acid groups (broad SMARTS) is 1. The van der Waals surface area contributed by atoms with Crippen molar-refractivity contribution in [3.05, 3.63) is 23.7 Å². The first kappa shape index (κ1) is 13.6. The van der Waals surface area contributed by atoms with Crippen LogP contribution < -0.4 is 5.32 Å². The van der Waals surface area contributed by atoms with E-state index in [1.165, 1.54) is 6.26 Å². The van der Waals surface area contributed by atoms with Gasteiger partial charge in [-0.05, 0) is 31.7 Å². The number of hydrogen-bond acceptors (Lipinski definition) is 3. The van der Waals surface area contributed by atoms with Crippen molar-refractivity contribution in [2.75, 3.05) is 0 Å². The summed E-state index contributed by atoms with van der Waals surface area (Å²) in [6, 6.07) is 1.69. The van der Waals surface area contributed by atoms with E-state index in [9.17, 15) is 14.7 Å². The second-order valence-electron chi connectivity index (χ2n) is 5.48. The molecule has 5 nitrogen and oxygen atoms in total. The maximum absolute atomic E-state index is 12.1. The van der Waals surface area contributed by atoms with Gasteiger partial charge in [0.1, 0.15) is 5.54 Å². The zero-order valence-electron chi connectivity index (χ0n) is 11.2. The van der Waals surface area contributed by atoms with Crippen molar-refractivity contribution in [1.82, 2.24) is 5.32 Å². The number of aryl methyl sites for hydroxylation is 1. The van der Waals surface area contributed by atoms with E-state index in [0.29, 0.717) is 24.3 Å². The van der Waals surface area contributed by atoms with Gasteiger partial charge < -0.3 is 14.8 Å². The SMILES string of the molecule is Cc1ccoc1C(=O)NC1(C(=O)O)CCCC(C)C1. The minimum Gasteiger partial charge on any atom is -0.480 e. The first-order valence-corrected chi connectivity index (χ1v) is 6.54. The fraction of sp³-hybridized carbons (Fsp3) is 0.571. The third-order valence-electron chi connectivity index (χ3n) is 3.83. The maximum Gasteiger partial charge on any atom is 0.329 e. The Bertz CT molecular complexity index is 493. The largest absolute Gasteiger partial charge is 0.480 e. The Morgan fingerprint density at radius 3 is 2.79 bits per heavy atom. The summed E-state index contributed by atoms with van der Waals surface area (Å²) in [5.74, 6) is -0.919. The monoisotopic (exact) mass is 265 g/mol. The molecule has 1 heterocycles. The zero-order valence-corrected chi connectivity index (χ0v) is 11.2. The third kappa shape index (κ3) is 2.64. The van der Waals surface area contributed by atoms with Crippen LogP contribution >= 0.6 is 0 Å². The van der Waals surface area contributed by atoms with Crippen molar-refractivity contribution in [2.45, 2.75) is 45.1 Å². The fourth-order valence-corrected chi connectivity index (χ4v) is 2.79. The molecule has 2 rings (SSSR count). The number of rotatable bonds is 3. The van der Waals surface area contributed by atoms with Gasteiger partial charge in [0.15, 0.2) is 5.76 Å². The van der Waals surface area contributed by atoms with Crippen LogP contribution in [0.3, 0.4) is 0 Å². The number of carbonyl (C=O) groups is 2. The summed E-state index contributed by atoms with van der Waals surface area (Å²) >= 11 is 0. The summed E-state index contributed by atoms with van der Waals surface area (Å²) in [6.07, 6.45) is 4.18. The van der Waals surface area contributed by atoms with Gasteiger partial charge in [0.25, 0.3) is 5.91 Å². The molecule has 1 amide bonds. The number of carboxylic acids is 1. The number of aliphatic carboxylic acids is 1. The molecule has 0 bridgehead atoms. The number of furan rings is 1. The van der Waals surface area contributed by atoms with E-state index in [-0.39, 0.29) is 5.76 Å². The summed E-state index contributed by atoms with van der Waals surface area (Å²) in [7, 11) is 0. The Morgan fingerprint density at radius 2 is 2.26 bits per heavy atom. The van der Waals surface area contributed by atoms with E-state index < -0.39 is 17.4 Å². The summed E-state index contributed by atoms with van der Waals surface area (Å²) in [4.78, 5) is 23.7. The number of carbonyl (C=O) groups excluding carboxylic acids is 1. The second-order valence-corrected chi connectivity index (χ2v) is 5.48. The molecule has 1 fully saturated rings. The van der Waals surface area contributed by atoms with E-state index in [0.717, 1.165) is 12.8 Å². The molecular weight excluding hydrogens is 246 g/mol. The molecule has 19 heavy (non-hydrogen) atoms. The van der Waals surface area contributed by atoms with E-state index in [2.05, 4.69) is 5.32 Å². The van der Waals surface area contributed by atoms with Crippen LogP contribution in [0, 0.1) is 12.8 Å². The van der Waals surface area contributed by atoms with Crippen LogP contribution in [0.5, 0.6) is 0 Å². The molecule has 1 aliphatic rings. The quantitative estimate of drug-likeness (QED) is 0.879. The highest BCUT2D eigenvalue weighted by molar-refractivity contribution is 5.96. The van der Waals surface area contributed by atoms with E-state index in [1.54, 1.807) is 13.0 Å². The molecule has 1 aromatic heterocycles. The summed E-state index contributed by atoms with van der Waals surface area (Å²) < 4.78 is 5.11. The average molecular weight is 265 g/mol. The van der Waals surface area contributed by atoms with E-state index >= 15 is 0 Å². The Morgan fingerprint density at radius 1 is 1.53 bits per heavy atom. The van der Waals surface area contributed by atoms with Crippen LogP contribution in [-0.2, 0) is 4.79 Å². The van der Waals surface area contributed by atoms with Gasteiger partial charge in [0.2, 0.25) is 0 Å². The van der Waals surface area contributed by atoms with Crippen LogP contribution in [0.2, 0.25) is 0 Å². The van der Waals surface area contributed by atoms with Gasteiger partial charge in [-0.2, -0.15) is 0 Å². The van der Waals surface area contributed by atoms with Gasteiger partial charge in [-0.1, -0.05) is 19.8 Å². The minimum absolute atomic E-state index is 0.193. The predicted molar refractivity (Wildman–Crippen MR) is 68.9 cm³/mol. The summed E-state index contributed by atoms with van der Waals surface area (Å²) in [5.41, 5.74) is -0.449. The lowest BCUT2D eigenvalue weighted by molar-refractivity contribution is -0.146. The first-order chi connectivity index (χ1) is 8.94. The molecule has 1 saturated carbocycles. The Hall–Kier alpha value is -1.78. The molecule has 0 saturated heterocycles. The zero-order chi connectivity index (χ0) is 14.0. The maximum atomic E-state index is 12.1. The lowest BCUT2D eigenvalue weighted by Gasteiger charge is -2.36. The number of hydrogen-bond donors (Lipinski definition) is 2. The van der Waals surface area contributed by atoms with Gasteiger partial charge >= 0.3 is 5.97 Å². The molecule has 5 heteroatoms. The van der Waals surface area contributed by atoms with Crippen LogP contribution in [0.1, 0.15) is 48.7 Å². The molecule has 2 N–H and O–H groups in total. The molecule has 104 valence electrons. The minimum atomic E-state index is -1.16. The molecule has 0 spiro atoms. The Labute approximate surface area is 112 Å². The van der Waals surface area contributed by atoms with E-state index in [4.69, 9.17) is 4.42 Å². The van der Waals surface area contributed by atoms with Crippen molar-refractivity contribution in [2.24, 2.45) is 5.92 Å². The molecule has 2 atom stereocenters. The standard InChI is InChI=1S/C14H19NO4/c1-9-4-3-6-14(8-9,13(17)18)15-12(16)11-10(2)5-7-19-11/h5,7,9H,3-4,6,8H2,1-2H3,(H,15,16)(H,17,18). The predicted octanol–water partition coefficient (Wildman–Crippen LogP) is 2.35. The summed E-state index contributed by atoms with van der Waals surface area (Å²) in [5, 5.41) is 12.2. The fourth-order valence-electron chi connectivity index (χ4n) is 2.79. The van der Waals surface area contributed by atoms with Crippen LogP contribution in [0.15, 0.2) is 16.7 Å². The van der Waals surface area contributed by atoms with Crippen LogP contribution in [-0.4, -0.2) is 22.5 Å². The molecule has 0 radical (unpaired) electrons. The van der Waals surface area contributed by atoms with Crippen LogP contribution in [0.25, 0.3) is 0 Å². The number of nitrogens with one attached hydrogen (secondary N) is 1. The number of amides is 1. The molecule has 1 aliphatic carbocycles. The third-order valence-corrected chi connectivity index (χ3v) is 3.83. The van der Waals surface area contributed by atoms with Crippen molar-refractivity contribution in [3.8, 4) is 0 Å². The van der Waals surface area contributed by atoms with E-state index in [1.807, 2.05) is 6.92 Å². The normalized spacial score (nSPS) is 26.9. The highest BCUT2D eigenvalue weighted by atomic mass is 16.4. The van der Waals surface area contributed by atoms with Crippen molar-refractivity contribution in [1.29, 1.82) is 0 Å². The van der Waals surface area contributed by atoms with Crippen molar-refractivity contribution >= 4 is 11.9 Å². The molecule has 0 aliphatic heterocycles. The Kier molecular flexibility index (Phi) is 3.64. The smallest absolute Gasteiger partial charge is 0.329 e. The van der Waals surface area contributed by atoms with Gasteiger partial charge in [-0.25, -0.2) is 4.79 Å². The van der Waals surface area contributed by atoms with Crippen molar-refractivity contribution < 1.29 is 19.1 Å². The highest BCUT2D eigenvalue weighted by Gasteiger charge is 2.43. The molecule has 1 aromatic rings. The van der Waals surface area contributed by atoms with Crippen molar-refractivity contribution in [3.63, 3.8) is 0 Å². The van der Waals surface area contributed by atoms with Gasteiger partial charge in [0.05, 0.1) is 6.26 Å². The molecular formula is C14H19NO4. The molecule has 2 unspecified atom stereocenters. The summed E-state index contributed by atoms with van der Waals surface area (Å²) in [6.45, 7) is 3.77. The van der Waals surface area contributed by atoms with Gasteiger partial charge in [-0.3, -0.25) is 4.79 Å². The second kappa shape index (κ2) is 5.07. The van der Waals surface area contributed by atoms with Gasteiger partial charge in [-0.15, -0.1) is 0 Å². The topological polar surface area (TPSA) is 79.5 Å². The van der Waals surface area contributed by atoms with Crippen LogP contribution in [0.4, 0.5) is 0 Å². The lowest BCUT2D eigenvalue weighted by atomic mass is 9.76. The first-order valence-electron chi connectivity index (χ1n) is 6.54.